The number of carboxylic acids is 1. The van der Waals surface area contributed by atoms with Crippen molar-refractivity contribution in [2.75, 3.05) is 32.8 Å². The number of thiazole rings is 1. The topological polar surface area (TPSA) is 107 Å². The summed E-state index contributed by atoms with van der Waals surface area (Å²) >= 11 is 1.55. The maximum Gasteiger partial charge on any atom is 0.333 e. The van der Waals surface area contributed by atoms with Crippen LogP contribution in [0.4, 0.5) is 10.8 Å². The maximum absolute atomic E-state index is 12.6. The van der Waals surface area contributed by atoms with Crippen molar-refractivity contribution in [1.29, 1.82) is 0 Å². The quantitative estimate of drug-likeness (QED) is 0.194. The van der Waals surface area contributed by atoms with Crippen molar-refractivity contribution in [1.82, 2.24) is 4.98 Å². The van der Waals surface area contributed by atoms with Gasteiger partial charge in [-0.05, 0) is 41.5 Å². The van der Waals surface area contributed by atoms with Crippen LogP contribution in [0.1, 0.15) is 16.8 Å². The second-order valence-electron chi connectivity index (χ2n) is 7.95. The van der Waals surface area contributed by atoms with E-state index in [1.165, 1.54) is 7.11 Å². The molecule has 0 fully saturated rings. The van der Waals surface area contributed by atoms with Crippen molar-refractivity contribution in [3.8, 4) is 16.9 Å². The molecule has 2 N–H and O–H groups in total. The van der Waals surface area contributed by atoms with Crippen molar-refractivity contribution in [3.63, 3.8) is 0 Å². The minimum atomic E-state index is -1.20. The van der Waals surface area contributed by atoms with Crippen LogP contribution in [0.5, 0.6) is 5.75 Å². The van der Waals surface area contributed by atoms with E-state index in [1.54, 1.807) is 30.6 Å². The standard InChI is InChI=1S/C27H26N2O6S/c1-33-13-14-35-24(26(31)32)16-23(30)19-5-3-17(4-6-19)18-7-9-20(10-8-18)28-27-29-22-12-11-21(34-2)15-25(22)36-27/h3-12,15,24H,13-14,16H2,1-2H3,(H,28,29)(H,31,32). The molecule has 9 heteroatoms. The molecule has 0 spiro atoms. The summed E-state index contributed by atoms with van der Waals surface area (Å²) in [6.45, 7) is 0.370. The van der Waals surface area contributed by atoms with E-state index in [0.29, 0.717) is 5.56 Å². The third-order valence-electron chi connectivity index (χ3n) is 5.52. The molecular formula is C27H26N2O6S. The number of carbonyl (C=O) groups excluding carboxylic acids is 1. The number of anilines is 2. The molecule has 0 saturated heterocycles. The average molecular weight is 507 g/mol. The van der Waals surface area contributed by atoms with E-state index in [1.807, 2.05) is 54.6 Å². The number of ketones is 1. The van der Waals surface area contributed by atoms with Crippen LogP contribution in [-0.4, -0.2) is 55.4 Å². The summed E-state index contributed by atoms with van der Waals surface area (Å²) in [4.78, 5) is 28.6. The van der Waals surface area contributed by atoms with E-state index in [4.69, 9.17) is 14.2 Å². The number of aromatic nitrogens is 1. The van der Waals surface area contributed by atoms with Gasteiger partial charge in [-0.2, -0.15) is 0 Å². The van der Waals surface area contributed by atoms with Gasteiger partial charge in [-0.1, -0.05) is 47.7 Å². The van der Waals surface area contributed by atoms with Crippen LogP contribution < -0.4 is 10.1 Å². The number of carbonyl (C=O) groups is 2. The van der Waals surface area contributed by atoms with Crippen molar-refractivity contribution >= 4 is 44.1 Å². The first-order valence-corrected chi connectivity index (χ1v) is 12.1. The van der Waals surface area contributed by atoms with E-state index in [0.717, 1.165) is 37.9 Å². The molecule has 1 atom stereocenters. The molecule has 3 aromatic carbocycles. The smallest absolute Gasteiger partial charge is 0.333 e. The van der Waals surface area contributed by atoms with Crippen LogP contribution in [0.3, 0.4) is 0 Å². The lowest BCUT2D eigenvalue weighted by molar-refractivity contribution is -0.150. The van der Waals surface area contributed by atoms with Gasteiger partial charge in [-0.15, -0.1) is 0 Å². The lowest BCUT2D eigenvalue weighted by atomic mass is 10.00. The van der Waals surface area contributed by atoms with Gasteiger partial charge in [-0.25, -0.2) is 9.78 Å². The van der Waals surface area contributed by atoms with Gasteiger partial charge < -0.3 is 24.6 Å². The van der Waals surface area contributed by atoms with Gasteiger partial charge in [0.15, 0.2) is 17.0 Å². The molecule has 4 aromatic rings. The normalized spacial score (nSPS) is 11.8. The van der Waals surface area contributed by atoms with Crippen LogP contribution in [0.25, 0.3) is 21.3 Å². The number of fused-ring (bicyclic) bond motifs is 1. The van der Waals surface area contributed by atoms with Crippen molar-refractivity contribution in [2.45, 2.75) is 12.5 Å². The number of aliphatic carboxylic acids is 1. The average Bonchev–Trinajstić information content (AvgIpc) is 3.30. The molecule has 4 rings (SSSR count). The molecule has 1 unspecified atom stereocenters. The highest BCUT2D eigenvalue weighted by molar-refractivity contribution is 7.22. The molecule has 0 amide bonds. The number of methoxy groups -OCH3 is 2. The molecule has 0 bridgehead atoms. The Hall–Kier alpha value is -3.79. The summed E-state index contributed by atoms with van der Waals surface area (Å²) < 4.78 is 16.4. The zero-order valence-electron chi connectivity index (χ0n) is 19.9. The Labute approximate surface area is 212 Å². The molecule has 8 nitrogen and oxygen atoms in total. The summed E-state index contributed by atoms with van der Waals surface area (Å²) in [6, 6.07) is 20.8. The number of Topliss-reactive ketones (excluding diaryl/α,β-unsaturated/α-hetero) is 1. The number of ether oxygens (including phenoxy) is 3. The summed E-state index contributed by atoms with van der Waals surface area (Å²) in [6.07, 6.45) is -1.44. The van der Waals surface area contributed by atoms with E-state index >= 15 is 0 Å². The minimum absolute atomic E-state index is 0.109. The molecule has 36 heavy (non-hydrogen) atoms. The Balaban J connectivity index is 1.39. The molecule has 0 saturated carbocycles. The van der Waals surface area contributed by atoms with Gasteiger partial charge in [0, 0.05) is 24.8 Å². The highest BCUT2D eigenvalue weighted by Gasteiger charge is 2.22. The van der Waals surface area contributed by atoms with Gasteiger partial charge in [0.2, 0.25) is 0 Å². The van der Waals surface area contributed by atoms with Gasteiger partial charge in [-0.3, -0.25) is 4.79 Å². The Kier molecular flexibility index (Phi) is 8.27. The molecule has 0 radical (unpaired) electrons. The van der Waals surface area contributed by atoms with Crippen LogP contribution in [0.2, 0.25) is 0 Å². The number of nitrogens with zero attached hydrogens (tertiary/aromatic N) is 1. The third-order valence-corrected chi connectivity index (χ3v) is 6.46. The molecule has 0 aliphatic carbocycles. The van der Waals surface area contributed by atoms with Crippen LogP contribution in [-0.2, 0) is 14.3 Å². The fourth-order valence-corrected chi connectivity index (χ4v) is 4.50. The summed E-state index contributed by atoms with van der Waals surface area (Å²) in [5.41, 5.74) is 4.18. The van der Waals surface area contributed by atoms with E-state index in [2.05, 4.69) is 10.3 Å². The van der Waals surface area contributed by atoms with Gasteiger partial charge in [0.1, 0.15) is 5.75 Å². The van der Waals surface area contributed by atoms with Crippen molar-refractivity contribution in [3.05, 3.63) is 72.3 Å². The van der Waals surface area contributed by atoms with Crippen molar-refractivity contribution in [2.24, 2.45) is 0 Å². The summed E-state index contributed by atoms with van der Waals surface area (Å²) in [5, 5.41) is 13.4. The first-order chi connectivity index (χ1) is 17.5. The van der Waals surface area contributed by atoms with Crippen LogP contribution >= 0.6 is 11.3 Å². The number of rotatable bonds is 12. The number of hydrogen-bond acceptors (Lipinski definition) is 8. The first kappa shape index (κ1) is 25.3. The molecule has 186 valence electrons. The maximum atomic E-state index is 12.6. The molecule has 1 aromatic heterocycles. The molecular weight excluding hydrogens is 480 g/mol. The number of nitrogens with one attached hydrogen (secondary N) is 1. The largest absolute Gasteiger partial charge is 0.497 e. The first-order valence-electron chi connectivity index (χ1n) is 11.3. The van der Waals surface area contributed by atoms with Crippen LogP contribution in [0, 0.1) is 0 Å². The Bertz CT molecular complexity index is 1330. The van der Waals surface area contributed by atoms with Gasteiger partial charge in [0.05, 0.1) is 30.5 Å². The highest BCUT2D eigenvalue weighted by atomic mass is 32.1. The fraction of sp³-hybridized carbons (Fsp3) is 0.222. The molecule has 0 aliphatic heterocycles. The highest BCUT2D eigenvalue weighted by Crippen LogP contribution is 2.31. The zero-order valence-corrected chi connectivity index (χ0v) is 20.7. The zero-order chi connectivity index (χ0) is 25.5. The summed E-state index contributed by atoms with van der Waals surface area (Å²) in [7, 11) is 3.14. The predicted molar refractivity (Wildman–Crippen MR) is 140 cm³/mol. The monoisotopic (exact) mass is 506 g/mol. The number of hydrogen-bond donors (Lipinski definition) is 2. The SMILES string of the molecule is COCCOC(CC(=O)c1ccc(-c2ccc(Nc3nc4ccc(OC)cc4s3)cc2)cc1)C(=O)O. The van der Waals surface area contributed by atoms with Gasteiger partial charge >= 0.3 is 5.97 Å². The van der Waals surface area contributed by atoms with E-state index in [9.17, 15) is 14.7 Å². The second-order valence-corrected chi connectivity index (χ2v) is 8.98. The van der Waals surface area contributed by atoms with E-state index < -0.39 is 12.1 Å². The third kappa shape index (κ3) is 6.25. The second kappa shape index (κ2) is 11.8. The predicted octanol–water partition coefficient (Wildman–Crippen LogP) is 5.40. The Morgan fingerprint density at radius 3 is 2.31 bits per heavy atom. The summed E-state index contributed by atoms with van der Waals surface area (Å²) in [5.74, 6) is -0.665. The van der Waals surface area contributed by atoms with Crippen molar-refractivity contribution < 1.29 is 28.9 Å². The van der Waals surface area contributed by atoms with E-state index in [-0.39, 0.29) is 25.4 Å². The lowest BCUT2D eigenvalue weighted by Crippen LogP contribution is -2.28. The minimum Gasteiger partial charge on any atom is -0.497 e. The lowest BCUT2D eigenvalue weighted by Gasteiger charge is -2.13. The Morgan fingerprint density at radius 2 is 1.67 bits per heavy atom. The van der Waals surface area contributed by atoms with Gasteiger partial charge in [0.25, 0.3) is 0 Å². The molecule has 1 heterocycles. The number of carboxylic acid groups (broad SMARTS) is 1. The number of benzene rings is 3. The Morgan fingerprint density at radius 1 is 0.972 bits per heavy atom. The fourth-order valence-electron chi connectivity index (χ4n) is 3.58. The molecule has 0 aliphatic rings. The van der Waals surface area contributed by atoms with Crippen LogP contribution in [0.15, 0.2) is 66.7 Å².